The molecule has 11 heteroatoms. The molecule has 4 rings (SSSR count). The fourth-order valence-corrected chi connectivity index (χ4v) is 3.52. The number of aromatic nitrogens is 5. The van der Waals surface area contributed by atoms with Gasteiger partial charge in [0.1, 0.15) is 11.4 Å². The van der Waals surface area contributed by atoms with E-state index in [9.17, 15) is 18.0 Å². The number of aryl methyl sites for hydroxylation is 1. The zero-order valence-corrected chi connectivity index (χ0v) is 16.7. The lowest BCUT2D eigenvalue weighted by molar-refractivity contribution is -0.141. The van der Waals surface area contributed by atoms with E-state index in [4.69, 9.17) is 11.6 Å². The van der Waals surface area contributed by atoms with Crippen molar-refractivity contribution in [3.63, 3.8) is 0 Å². The number of carbonyl (C=O) groups excluding carboxylic acids is 1. The van der Waals surface area contributed by atoms with Crippen LogP contribution in [-0.2, 0) is 19.3 Å². The van der Waals surface area contributed by atoms with Crippen LogP contribution in [0.1, 0.15) is 34.4 Å². The molecule has 0 aliphatic carbocycles. The molecule has 156 valence electrons. The van der Waals surface area contributed by atoms with Crippen LogP contribution in [0.5, 0.6) is 0 Å². The van der Waals surface area contributed by atoms with E-state index in [-0.39, 0.29) is 29.6 Å². The van der Waals surface area contributed by atoms with E-state index in [2.05, 4.69) is 19.9 Å². The van der Waals surface area contributed by atoms with Gasteiger partial charge in [-0.05, 0) is 48.7 Å². The Bertz CT molecular complexity index is 1130. The number of imidazole rings is 1. The Balaban J connectivity index is 1.64. The molecule has 3 aromatic heterocycles. The highest BCUT2D eigenvalue weighted by molar-refractivity contribution is 6.28. The van der Waals surface area contributed by atoms with Crippen LogP contribution >= 0.6 is 11.6 Å². The average molecular weight is 437 g/mol. The zero-order chi connectivity index (χ0) is 21.6. The minimum atomic E-state index is -4.55. The number of pyridine rings is 1. The number of fused-ring (bicyclic) bond motifs is 1. The summed E-state index contributed by atoms with van der Waals surface area (Å²) >= 11 is 5.89. The number of alkyl halides is 3. The maximum Gasteiger partial charge on any atom is 0.433 e. The summed E-state index contributed by atoms with van der Waals surface area (Å²) in [6, 6.07) is 2.18. The number of amides is 1. The predicted molar refractivity (Wildman–Crippen MR) is 102 cm³/mol. The van der Waals surface area contributed by atoms with Crippen LogP contribution in [0.4, 0.5) is 13.2 Å². The van der Waals surface area contributed by atoms with E-state index in [1.807, 2.05) is 13.8 Å². The number of rotatable bonds is 3. The average Bonchev–Trinajstić information content (AvgIpc) is 3.10. The molecule has 30 heavy (non-hydrogen) atoms. The third-order valence-electron chi connectivity index (χ3n) is 4.87. The molecule has 0 N–H and O–H groups in total. The van der Waals surface area contributed by atoms with Gasteiger partial charge in [0, 0.05) is 37.7 Å². The van der Waals surface area contributed by atoms with Crippen molar-refractivity contribution in [2.24, 2.45) is 0 Å². The summed E-state index contributed by atoms with van der Waals surface area (Å²) in [5.41, 5.74) is 1.11. The van der Waals surface area contributed by atoms with Crippen molar-refractivity contribution >= 4 is 17.5 Å². The molecule has 0 aromatic carbocycles. The van der Waals surface area contributed by atoms with Crippen LogP contribution in [0.25, 0.3) is 11.4 Å². The third-order valence-corrected chi connectivity index (χ3v) is 5.06. The van der Waals surface area contributed by atoms with Crippen LogP contribution in [0.3, 0.4) is 0 Å². The van der Waals surface area contributed by atoms with Crippen LogP contribution < -0.4 is 0 Å². The molecule has 0 radical (unpaired) electrons. The summed E-state index contributed by atoms with van der Waals surface area (Å²) in [7, 11) is 0. The topological polar surface area (TPSA) is 76.8 Å². The largest absolute Gasteiger partial charge is 0.433 e. The summed E-state index contributed by atoms with van der Waals surface area (Å²) in [4.78, 5) is 30.4. The lowest BCUT2D eigenvalue weighted by Gasteiger charge is -2.33. The Hall–Kier alpha value is -3.01. The number of halogens is 4. The predicted octanol–water partition coefficient (Wildman–Crippen LogP) is 3.76. The lowest BCUT2D eigenvalue weighted by atomic mass is 10.1. The Kier molecular flexibility index (Phi) is 4.97. The lowest BCUT2D eigenvalue weighted by Crippen LogP contribution is -2.46. The fourth-order valence-electron chi connectivity index (χ4n) is 3.38. The molecule has 0 spiro atoms. The Morgan fingerprint density at radius 2 is 2.03 bits per heavy atom. The van der Waals surface area contributed by atoms with Gasteiger partial charge in [0.25, 0.3) is 5.91 Å². The second-order valence-electron chi connectivity index (χ2n) is 7.10. The molecule has 1 aliphatic rings. The molecule has 0 unspecified atom stereocenters. The fraction of sp³-hybridized carbons (Fsp3) is 0.316. The van der Waals surface area contributed by atoms with E-state index >= 15 is 0 Å². The number of hydrogen-bond acceptors (Lipinski definition) is 5. The molecule has 1 atom stereocenters. The molecule has 3 aromatic rings. The Morgan fingerprint density at radius 3 is 2.77 bits per heavy atom. The van der Waals surface area contributed by atoms with Gasteiger partial charge < -0.3 is 9.47 Å². The van der Waals surface area contributed by atoms with E-state index in [1.54, 1.807) is 17.0 Å². The molecular weight excluding hydrogens is 421 g/mol. The SMILES string of the molecule is Cc1cnc(Cl)nc1-c1cn2c(n1)C(=O)N(Cc1ccnc(C(F)(F)F)c1)[C@@H](C)C2. The van der Waals surface area contributed by atoms with Gasteiger partial charge >= 0.3 is 6.18 Å². The Morgan fingerprint density at radius 1 is 1.27 bits per heavy atom. The molecule has 0 fully saturated rings. The number of carbonyl (C=O) groups is 1. The summed E-state index contributed by atoms with van der Waals surface area (Å²) in [5, 5.41) is 0.0704. The van der Waals surface area contributed by atoms with Crippen molar-refractivity contribution in [1.29, 1.82) is 0 Å². The van der Waals surface area contributed by atoms with Crippen LogP contribution in [0.2, 0.25) is 5.28 Å². The molecule has 0 saturated heterocycles. The molecule has 0 saturated carbocycles. The Labute approximate surface area is 174 Å². The first-order chi connectivity index (χ1) is 14.1. The first kappa shape index (κ1) is 20.3. The van der Waals surface area contributed by atoms with Gasteiger partial charge in [0.05, 0.1) is 5.69 Å². The highest BCUT2D eigenvalue weighted by Crippen LogP contribution is 2.29. The second kappa shape index (κ2) is 7.35. The summed E-state index contributed by atoms with van der Waals surface area (Å²) in [6.07, 6.45) is -0.157. The number of nitrogens with zero attached hydrogens (tertiary/aromatic N) is 6. The summed E-state index contributed by atoms with van der Waals surface area (Å²) in [6.45, 7) is 4.11. The van der Waals surface area contributed by atoms with Crippen LogP contribution in [-0.4, -0.2) is 41.4 Å². The molecular formula is C19H16ClF3N6O. The summed E-state index contributed by atoms with van der Waals surface area (Å²) in [5.74, 6) is -0.175. The van der Waals surface area contributed by atoms with Gasteiger partial charge in [-0.25, -0.2) is 15.0 Å². The van der Waals surface area contributed by atoms with Crippen molar-refractivity contribution in [3.8, 4) is 11.4 Å². The van der Waals surface area contributed by atoms with E-state index in [1.165, 1.54) is 11.0 Å². The highest BCUT2D eigenvalue weighted by atomic mass is 35.5. The maximum absolute atomic E-state index is 13.1. The van der Waals surface area contributed by atoms with Crippen LogP contribution in [0, 0.1) is 6.92 Å². The van der Waals surface area contributed by atoms with Crippen LogP contribution in [0.15, 0.2) is 30.7 Å². The standard InChI is InChI=1S/C19H16ClF3N6O/c1-10-6-25-18(20)27-15(10)13-9-28-7-11(2)29(17(30)16(28)26-13)8-12-3-4-24-14(5-12)19(21,22)23/h3-6,9,11H,7-8H2,1-2H3/t11-/m0/s1. The van der Waals surface area contributed by atoms with Gasteiger partial charge in [-0.1, -0.05) is 0 Å². The van der Waals surface area contributed by atoms with E-state index in [0.29, 0.717) is 23.5 Å². The van der Waals surface area contributed by atoms with Crippen molar-refractivity contribution in [3.05, 3.63) is 58.7 Å². The van der Waals surface area contributed by atoms with Gasteiger partial charge in [-0.2, -0.15) is 13.2 Å². The van der Waals surface area contributed by atoms with Gasteiger partial charge in [-0.15, -0.1) is 0 Å². The maximum atomic E-state index is 13.1. The summed E-state index contributed by atoms with van der Waals surface area (Å²) < 4.78 is 40.6. The molecule has 0 bridgehead atoms. The molecule has 7 nitrogen and oxygen atoms in total. The highest BCUT2D eigenvalue weighted by Gasteiger charge is 2.35. The molecule has 1 aliphatic heterocycles. The molecule has 4 heterocycles. The van der Waals surface area contributed by atoms with Crippen molar-refractivity contribution < 1.29 is 18.0 Å². The van der Waals surface area contributed by atoms with E-state index < -0.39 is 11.9 Å². The van der Waals surface area contributed by atoms with Gasteiger partial charge in [0.2, 0.25) is 5.28 Å². The smallest absolute Gasteiger partial charge is 0.327 e. The van der Waals surface area contributed by atoms with Crippen molar-refractivity contribution in [2.75, 3.05) is 0 Å². The first-order valence-electron chi connectivity index (χ1n) is 9.03. The van der Waals surface area contributed by atoms with Crippen molar-refractivity contribution in [2.45, 2.75) is 39.2 Å². The van der Waals surface area contributed by atoms with Gasteiger partial charge in [0.15, 0.2) is 5.82 Å². The van der Waals surface area contributed by atoms with E-state index in [0.717, 1.165) is 17.8 Å². The first-order valence-corrected chi connectivity index (χ1v) is 9.41. The minimum absolute atomic E-state index is 0.0200. The second-order valence-corrected chi connectivity index (χ2v) is 7.44. The van der Waals surface area contributed by atoms with Gasteiger partial charge in [-0.3, -0.25) is 9.78 Å². The normalized spacial score (nSPS) is 16.7. The molecule has 1 amide bonds. The monoisotopic (exact) mass is 436 g/mol. The number of hydrogen-bond donors (Lipinski definition) is 0. The quantitative estimate of drug-likeness (QED) is 0.584. The third kappa shape index (κ3) is 3.74. The minimum Gasteiger partial charge on any atom is -0.327 e. The van der Waals surface area contributed by atoms with Crippen molar-refractivity contribution in [1.82, 2.24) is 29.4 Å². The zero-order valence-electron chi connectivity index (χ0n) is 16.0.